The number of hydrogen-bond donors (Lipinski definition) is 0. The number of carbonyl (C=O) groups excluding carboxylic acids is 1. The third kappa shape index (κ3) is 3.52. The molecular weight excluding hydrogens is 340 g/mol. The first kappa shape index (κ1) is 17.2. The number of fused-ring (bicyclic) bond motifs is 1. The molecule has 0 saturated heterocycles. The Labute approximate surface area is 157 Å². The highest BCUT2D eigenvalue weighted by molar-refractivity contribution is 6.01. The Morgan fingerprint density at radius 3 is 2.74 bits per heavy atom. The average molecular weight is 360 g/mol. The highest BCUT2D eigenvalue weighted by atomic mass is 16.5. The Hall–Kier alpha value is -3.25. The number of methoxy groups -OCH3 is 1. The van der Waals surface area contributed by atoms with Crippen molar-refractivity contribution in [1.82, 2.24) is 18.9 Å². The van der Waals surface area contributed by atoms with E-state index in [0.29, 0.717) is 24.5 Å². The van der Waals surface area contributed by atoms with Crippen LogP contribution in [0.2, 0.25) is 0 Å². The van der Waals surface area contributed by atoms with Crippen molar-refractivity contribution in [1.29, 1.82) is 0 Å². The lowest BCUT2D eigenvalue weighted by atomic mass is 10.2. The summed E-state index contributed by atoms with van der Waals surface area (Å²) in [5.74, 6) is 0.633. The number of aromatic nitrogens is 4. The molecule has 0 spiro atoms. The fraction of sp³-hybridized carbons (Fsp3) is 0.190. The molecule has 0 aliphatic carbocycles. The third-order valence-corrected chi connectivity index (χ3v) is 4.42. The van der Waals surface area contributed by atoms with Gasteiger partial charge < -0.3 is 9.30 Å². The Bertz CT molecular complexity index is 1070. The Balaban J connectivity index is 1.69. The van der Waals surface area contributed by atoms with Gasteiger partial charge in [-0.25, -0.2) is 9.97 Å². The maximum Gasteiger partial charge on any atom is 0.185 e. The number of ketones is 1. The van der Waals surface area contributed by atoms with Gasteiger partial charge in [0.15, 0.2) is 11.6 Å². The minimum absolute atomic E-state index is 0.0319. The van der Waals surface area contributed by atoms with Crippen LogP contribution in [0.25, 0.3) is 17.0 Å². The van der Waals surface area contributed by atoms with Crippen molar-refractivity contribution in [3.8, 4) is 11.5 Å². The molecule has 0 radical (unpaired) electrons. The number of rotatable bonds is 7. The highest BCUT2D eigenvalue weighted by Gasteiger charge is 2.19. The molecule has 3 heterocycles. The standard InChI is InChI=1S/C21H20N4O2/c1-27-12-10-19(26)20-18-9-5-6-11-25(18)21(23-20)17-14-24(15-22-17)13-16-7-3-2-4-8-16/h2-9,11,14-15H,10,12-13H2,1H3. The summed E-state index contributed by atoms with van der Waals surface area (Å²) in [6.07, 6.45) is 5.96. The van der Waals surface area contributed by atoms with Gasteiger partial charge in [-0.2, -0.15) is 0 Å². The molecule has 1 aromatic carbocycles. The summed E-state index contributed by atoms with van der Waals surface area (Å²) in [6.45, 7) is 1.11. The molecule has 0 saturated carbocycles. The number of benzene rings is 1. The van der Waals surface area contributed by atoms with Crippen LogP contribution in [0.4, 0.5) is 0 Å². The molecule has 6 nitrogen and oxygen atoms in total. The van der Waals surface area contributed by atoms with Gasteiger partial charge in [0.25, 0.3) is 0 Å². The van der Waals surface area contributed by atoms with E-state index >= 15 is 0 Å². The van der Waals surface area contributed by atoms with E-state index in [0.717, 1.165) is 17.8 Å². The van der Waals surface area contributed by atoms with Gasteiger partial charge in [0.1, 0.15) is 11.4 Å². The molecule has 0 N–H and O–H groups in total. The number of ether oxygens (including phenoxy) is 1. The molecule has 0 unspecified atom stereocenters. The van der Waals surface area contributed by atoms with Crippen molar-refractivity contribution in [2.45, 2.75) is 13.0 Å². The van der Waals surface area contributed by atoms with Gasteiger partial charge >= 0.3 is 0 Å². The Morgan fingerprint density at radius 2 is 1.93 bits per heavy atom. The molecule has 27 heavy (non-hydrogen) atoms. The van der Waals surface area contributed by atoms with Crippen LogP contribution in [-0.4, -0.2) is 38.4 Å². The van der Waals surface area contributed by atoms with E-state index in [2.05, 4.69) is 22.1 Å². The van der Waals surface area contributed by atoms with E-state index in [4.69, 9.17) is 4.74 Å². The summed E-state index contributed by atoms with van der Waals surface area (Å²) in [6, 6.07) is 15.9. The largest absolute Gasteiger partial charge is 0.384 e. The molecule has 6 heteroatoms. The van der Waals surface area contributed by atoms with Crippen molar-refractivity contribution < 1.29 is 9.53 Å². The Kier molecular flexibility index (Phi) is 4.80. The maximum atomic E-state index is 12.5. The zero-order chi connectivity index (χ0) is 18.6. The van der Waals surface area contributed by atoms with E-state index in [1.807, 2.05) is 57.8 Å². The van der Waals surface area contributed by atoms with Crippen molar-refractivity contribution >= 4 is 11.3 Å². The van der Waals surface area contributed by atoms with Crippen LogP contribution in [0.5, 0.6) is 0 Å². The number of carbonyl (C=O) groups is 1. The monoisotopic (exact) mass is 360 g/mol. The summed E-state index contributed by atoms with van der Waals surface area (Å²) >= 11 is 0. The van der Waals surface area contributed by atoms with Gasteiger partial charge in [-0.15, -0.1) is 0 Å². The second-order valence-corrected chi connectivity index (χ2v) is 6.32. The normalized spacial score (nSPS) is 11.1. The lowest BCUT2D eigenvalue weighted by molar-refractivity contribution is 0.0929. The first-order chi connectivity index (χ1) is 13.3. The van der Waals surface area contributed by atoms with E-state index in [1.54, 1.807) is 13.4 Å². The zero-order valence-electron chi connectivity index (χ0n) is 15.1. The number of hydrogen-bond acceptors (Lipinski definition) is 4. The minimum atomic E-state index is -0.0319. The second kappa shape index (κ2) is 7.55. The van der Waals surface area contributed by atoms with Crippen LogP contribution in [0.15, 0.2) is 67.3 Å². The van der Waals surface area contributed by atoms with Gasteiger partial charge in [0.05, 0.1) is 18.5 Å². The number of Topliss-reactive ketones (excluding diaryl/α,β-unsaturated/α-hetero) is 1. The number of imidazole rings is 2. The molecule has 0 bridgehead atoms. The second-order valence-electron chi connectivity index (χ2n) is 6.32. The van der Waals surface area contributed by atoms with Crippen LogP contribution in [0.1, 0.15) is 22.5 Å². The molecule has 0 atom stereocenters. The molecule has 0 fully saturated rings. The average Bonchev–Trinajstić information content (AvgIpc) is 3.31. The quantitative estimate of drug-likeness (QED) is 0.474. The molecule has 0 amide bonds. The molecule has 4 rings (SSSR count). The van der Waals surface area contributed by atoms with Crippen molar-refractivity contribution in [2.24, 2.45) is 0 Å². The number of pyridine rings is 1. The lowest BCUT2D eigenvalue weighted by Crippen LogP contribution is -2.04. The predicted octanol–water partition coefficient (Wildman–Crippen LogP) is 3.47. The van der Waals surface area contributed by atoms with E-state index in [-0.39, 0.29) is 5.78 Å². The molecule has 0 aliphatic heterocycles. The smallest absolute Gasteiger partial charge is 0.185 e. The molecule has 4 aromatic rings. The van der Waals surface area contributed by atoms with Crippen LogP contribution in [-0.2, 0) is 11.3 Å². The summed E-state index contributed by atoms with van der Waals surface area (Å²) in [5.41, 5.74) is 3.18. The maximum absolute atomic E-state index is 12.5. The minimum Gasteiger partial charge on any atom is -0.384 e. The first-order valence-electron chi connectivity index (χ1n) is 8.81. The van der Waals surface area contributed by atoms with Crippen molar-refractivity contribution in [2.75, 3.05) is 13.7 Å². The van der Waals surface area contributed by atoms with Gasteiger partial charge in [-0.1, -0.05) is 36.4 Å². The van der Waals surface area contributed by atoms with Gasteiger partial charge in [0, 0.05) is 32.5 Å². The van der Waals surface area contributed by atoms with Crippen LogP contribution in [0.3, 0.4) is 0 Å². The first-order valence-corrected chi connectivity index (χ1v) is 8.81. The van der Waals surface area contributed by atoms with Gasteiger partial charge in [0.2, 0.25) is 0 Å². The lowest BCUT2D eigenvalue weighted by Gasteiger charge is -2.01. The predicted molar refractivity (Wildman–Crippen MR) is 103 cm³/mol. The van der Waals surface area contributed by atoms with Crippen LogP contribution < -0.4 is 0 Å². The summed E-state index contributed by atoms with van der Waals surface area (Å²) in [7, 11) is 1.59. The van der Waals surface area contributed by atoms with Gasteiger partial charge in [-0.05, 0) is 17.7 Å². The fourth-order valence-corrected chi connectivity index (χ4v) is 3.09. The van der Waals surface area contributed by atoms with E-state index < -0.39 is 0 Å². The molecular formula is C21H20N4O2. The SMILES string of the molecule is COCCC(=O)c1nc(-c2cn(Cc3ccccc3)cn2)n2ccccc12. The summed E-state index contributed by atoms with van der Waals surface area (Å²) in [4.78, 5) is 21.7. The van der Waals surface area contributed by atoms with Crippen LogP contribution >= 0.6 is 0 Å². The van der Waals surface area contributed by atoms with E-state index in [9.17, 15) is 4.79 Å². The van der Waals surface area contributed by atoms with Gasteiger partial charge in [-0.3, -0.25) is 9.20 Å². The summed E-state index contributed by atoms with van der Waals surface area (Å²) < 4.78 is 8.95. The topological polar surface area (TPSA) is 61.4 Å². The fourth-order valence-electron chi connectivity index (χ4n) is 3.09. The van der Waals surface area contributed by atoms with Crippen LogP contribution in [0, 0.1) is 0 Å². The number of nitrogens with zero attached hydrogens (tertiary/aromatic N) is 4. The van der Waals surface area contributed by atoms with Crippen molar-refractivity contribution in [3.63, 3.8) is 0 Å². The molecule has 3 aromatic heterocycles. The highest BCUT2D eigenvalue weighted by Crippen LogP contribution is 2.22. The molecule has 136 valence electrons. The Morgan fingerprint density at radius 1 is 1.11 bits per heavy atom. The van der Waals surface area contributed by atoms with E-state index in [1.165, 1.54) is 5.56 Å². The summed E-state index contributed by atoms with van der Waals surface area (Å²) in [5, 5.41) is 0. The third-order valence-electron chi connectivity index (χ3n) is 4.42. The molecule has 0 aliphatic rings. The zero-order valence-corrected chi connectivity index (χ0v) is 15.1. The van der Waals surface area contributed by atoms with Crippen molar-refractivity contribution in [3.05, 3.63) is 78.5 Å².